The van der Waals surface area contributed by atoms with Gasteiger partial charge in [-0.05, 0) is 18.8 Å². The molecule has 130 valence electrons. The molecule has 0 saturated carbocycles. The Morgan fingerprint density at radius 1 is 1.25 bits per heavy atom. The quantitative estimate of drug-likeness (QED) is 0.786. The van der Waals surface area contributed by atoms with E-state index in [1.807, 2.05) is 17.8 Å². The van der Waals surface area contributed by atoms with Gasteiger partial charge >= 0.3 is 0 Å². The summed E-state index contributed by atoms with van der Waals surface area (Å²) in [6, 6.07) is 0. The van der Waals surface area contributed by atoms with Gasteiger partial charge in [0.1, 0.15) is 5.69 Å². The second-order valence-electron chi connectivity index (χ2n) is 6.26. The van der Waals surface area contributed by atoms with Crippen LogP contribution >= 0.6 is 0 Å². The van der Waals surface area contributed by atoms with Gasteiger partial charge in [0.15, 0.2) is 5.82 Å². The van der Waals surface area contributed by atoms with Crippen LogP contribution in [0.15, 0.2) is 24.8 Å². The van der Waals surface area contributed by atoms with E-state index < -0.39 is 10.2 Å². The molecule has 1 saturated heterocycles. The summed E-state index contributed by atoms with van der Waals surface area (Å²) < 4.78 is 29.0. The van der Waals surface area contributed by atoms with Gasteiger partial charge in [-0.2, -0.15) is 17.0 Å². The summed E-state index contributed by atoms with van der Waals surface area (Å²) in [6.07, 6.45) is 8.64. The van der Waals surface area contributed by atoms with E-state index in [-0.39, 0.29) is 5.92 Å². The fraction of sp³-hybridized carbons (Fsp3) is 0.533. The third kappa shape index (κ3) is 3.33. The highest BCUT2D eigenvalue weighted by Crippen LogP contribution is 2.23. The maximum Gasteiger partial charge on any atom is 0.281 e. The standard InChI is InChI=1S/C15H22N6O2S/c1-19(2)24(22,23)21-6-4-12(11-21)8-13-9-18-14(10-17-13)15-16-5-7-20(15)3/h5,7,9-10,12H,4,6,8,11H2,1-3H3/t12-/m1/s1. The summed E-state index contributed by atoms with van der Waals surface area (Å²) in [5, 5.41) is 0. The van der Waals surface area contributed by atoms with Crippen LogP contribution in [0.5, 0.6) is 0 Å². The molecule has 24 heavy (non-hydrogen) atoms. The van der Waals surface area contributed by atoms with E-state index >= 15 is 0 Å². The van der Waals surface area contributed by atoms with Gasteiger partial charge in [0.25, 0.3) is 10.2 Å². The van der Waals surface area contributed by atoms with Crippen molar-refractivity contribution in [3.8, 4) is 11.5 Å². The third-order valence-corrected chi connectivity index (χ3v) is 6.20. The van der Waals surface area contributed by atoms with E-state index in [1.165, 1.54) is 8.61 Å². The van der Waals surface area contributed by atoms with E-state index in [2.05, 4.69) is 15.0 Å². The molecule has 3 heterocycles. The molecule has 0 unspecified atom stereocenters. The van der Waals surface area contributed by atoms with Crippen molar-refractivity contribution in [3.05, 3.63) is 30.5 Å². The van der Waals surface area contributed by atoms with Crippen molar-refractivity contribution in [3.63, 3.8) is 0 Å². The molecular weight excluding hydrogens is 328 g/mol. The maximum absolute atomic E-state index is 12.2. The second kappa shape index (κ2) is 6.58. The summed E-state index contributed by atoms with van der Waals surface area (Å²) in [4.78, 5) is 13.2. The molecule has 0 aromatic carbocycles. The van der Waals surface area contributed by atoms with Gasteiger partial charge in [0.05, 0.1) is 11.9 Å². The highest BCUT2D eigenvalue weighted by Gasteiger charge is 2.32. The lowest BCUT2D eigenvalue weighted by molar-refractivity contribution is 0.409. The van der Waals surface area contributed by atoms with Crippen LogP contribution in [0.4, 0.5) is 0 Å². The molecule has 0 radical (unpaired) electrons. The minimum atomic E-state index is -3.32. The molecular formula is C15H22N6O2S. The van der Waals surface area contributed by atoms with E-state index in [4.69, 9.17) is 0 Å². The van der Waals surface area contributed by atoms with Gasteiger partial charge in [-0.15, -0.1) is 0 Å². The molecule has 2 aromatic heterocycles. The van der Waals surface area contributed by atoms with Crippen LogP contribution in [0.1, 0.15) is 12.1 Å². The number of aromatic nitrogens is 4. The van der Waals surface area contributed by atoms with Crippen molar-refractivity contribution >= 4 is 10.2 Å². The van der Waals surface area contributed by atoms with Gasteiger partial charge in [-0.1, -0.05) is 0 Å². The minimum Gasteiger partial charge on any atom is -0.333 e. The van der Waals surface area contributed by atoms with Crippen LogP contribution in [0, 0.1) is 5.92 Å². The average molecular weight is 350 g/mol. The Kier molecular flexibility index (Phi) is 4.66. The summed E-state index contributed by atoms with van der Waals surface area (Å²) >= 11 is 0. The summed E-state index contributed by atoms with van der Waals surface area (Å²) in [7, 11) is 1.71. The third-order valence-electron chi connectivity index (χ3n) is 4.29. The zero-order valence-electron chi connectivity index (χ0n) is 14.1. The predicted molar refractivity (Wildman–Crippen MR) is 90.2 cm³/mol. The molecule has 0 N–H and O–H groups in total. The van der Waals surface area contributed by atoms with Crippen molar-refractivity contribution in [2.24, 2.45) is 13.0 Å². The maximum atomic E-state index is 12.2. The largest absolute Gasteiger partial charge is 0.333 e. The van der Waals surface area contributed by atoms with Gasteiger partial charge in [-0.3, -0.25) is 4.98 Å². The molecule has 1 aliphatic rings. The van der Waals surface area contributed by atoms with E-state index in [0.29, 0.717) is 13.1 Å². The van der Waals surface area contributed by atoms with E-state index in [0.717, 1.165) is 30.1 Å². The number of imidazole rings is 1. The molecule has 0 aliphatic carbocycles. The van der Waals surface area contributed by atoms with Crippen molar-refractivity contribution in [1.82, 2.24) is 28.1 Å². The highest BCUT2D eigenvalue weighted by atomic mass is 32.2. The number of nitrogens with zero attached hydrogens (tertiary/aromatic N) is 6. The summed E-state index contributed by atoms with van der Waals surface area (Å²) in [5.41, 5.74) is 1.61. The zero-order valence-corrected chi connectivity index (χ0v) is 14.9. The molecule has 1 aliphatic heterocycles. The number of aryl methyl sites for hydroxylation is 1. The number of hydrogen-bond acceptors (Lipinski definition) is 5. The summed E-state index contributed by atoms with van der Waals surface area (Å²) in [5.74, 6) is 1.05. The Morgan fingerprint density at radius 3 is 2.62 bits per heavy atom. The average Bonchev–Trinajstić information content (AvgIpc) is 3.17. The Labute approximate surface area is 142 Å². The first-order valence-electron chi connectivity index (χ1n) is 7.84. The Balaban J connectivity index is 1.65. The van der Waals surface area contributed by atoms with Crippen LogP contribution in [0.25, 0.3) is 11.5 Å². The molecule has 0 spiro atoms. The SMILES string of the molecule is CN(C)S(=O)(=O)N1CC[C@H](Cc2cnc(-c3nccn3C)cn2)C1. The predicted octanol–water partition coefficient (Wildman–Crippen LogP) is 0.548. The topological polar surface area (TPSA) is 84.2 Å². The lowest BCUT2D eigenvalue weighted by Crippen LogP contribution is -2.38. The number of hydrogen-bond donors (Lipinski definition) is 0. The van der Waals surface area contributed by atoms with Crippen molar-refractivity contribution in [2.45, 2.75) is 12.8 Å². The van der Waals surface area contributed by atoms with Gasteiger partial charge in [0, 0.05) is 52.8 Å². The van der Waals surface area contributed by atoms with Crippen molar-refractivity contribution < 1.29 is 8.42 Å². The summed E-state index contributed by atoms with van der Waals surface area (Å²) in [6.45, 7) is 1.09. The van der Waals surface area contributed by atoms with Crippen LogP contribution in [0.2, 0.25) is 0 Å². The molecule has 9 heteroatoms. The number of rotatable bonds is 5. The smallest absolute Gasteiger partial charge is 0.281 e. The fourth-order valence-corrected chi connectivity index (χ4v) is 4.09. The lowest BCUT2D eigenvalue weighted by atomic mass is 10.0. The van der Waals surface area contributed by atoms with Crippen molar-refractivity contribution in [2.75, 3.05) is 27.2 Å². The van der Waals surface area contributed by atoms with E-state index in [9.17, 15) is 8.42 Å². The van der Waals surface area contributed by atoms with Crippen LogP contribution in [-0.2, 0) is 23.7 Å². The van der Waals surface area contributed by atoms with Gasteiger partial charge in [-0.25, -0.2) is 9.97 Å². The molecule has 1 atom stereocenters. The second-order valence-corrected chi connectivity index (χ2v) is 8.40. The first-order chi connectivity index (χ1) is 11.4. The molecule has 0 amide bonds. The monoisotopic (exact) mass is 350 g/mol. The molecule has 3 rings (SSSR count). The Hall–Kier alpha value is -1.84. The first-order valence-corrected chi connectivity index (χ1v) is 9.24. The van der Waals surface area contributed by atoms with Crippen molar-refractivity contribution in [1.29, 1.82) is 0 Å². The minimum absolute atomic E-state index is 0.271. The van der Waals surface area contributed by atoms with Gasteiger partial charge in [0.2, 0.25) is 0 Å². The first kappa shape index (κ1) is 17.0. The van der Waals surface area contributed by atoms with Crippen LogP contribution < -0.4 is 0 Å². The Morgan fingerprint density at radius 2 is 2.04 bits per heavy atom. The molecule has 8 nitrogen and oxygen atoms in total. The molecule has 1 fully saturated rings. The fourth-order valence-electron chi connectivity index (χ4n) is 2.89. The van der Waals surface area contributed by atoms with Crippen LogP contribution in [-0.4, -0.2) is 63.7 Å². The van der Waals surface area contributed by atoms with E-state index in [1.54, 1.807) is 32.7 Å². The highest BCUT2D eigenvalue weighted by molar-refractivity contribution is 7.86. The zero-order chi connectivity index (χ0) is 17.3. The lowest BCUT2D eigenvalue weighted by Gasteiger charge is -2.20. The van der Waals surface area contributed by atoms with Crippen LogP contribution in [0.3, 0.4) is 0 Å². The molecule has 2 aromatic rings. The molecule has 0 bridgehead atoms. The van der Waals surface area contributed by atoms with Gasteiger partial charge < -0.3 is 4.57 Å². The Bertz CT molecular complexity index is 800. The normalized spacial score (nSPS) is 19.2.